The summed E-state index contributed by atoms with van der Waals surface area (Å²) >= 11 is 0. The Bertz CT molecular complexity index is 409. The lowest BCUT2D eigenvalue weighted by atomic mass is 10.1. The van der Waals surface area contributed by atoms with E-state index in [1.54, 1.807) is 0 Å². The molecule has 0 saturated heterocycles. The van der Waals surface area contributed by atoms with E-state index in [2.05, 4.69) is 10.3 Å². The fraction of sp³-hybridized carbons (Fsp3) is 0. The standard InChI is InChI=1S/C8H7N3O4/c9-11-10-6-2-4(7(12)13)1-5(3-6)8(14)15/h1-3H,(H2,9,10)(H,12,13)(H,14,15). The van der Waals surface area contributed by atoms with Crippen molar-refractivity contribution >= 4 is 17.6 Å². The highest BCUT2D eigenvalue weighted by molar-refractivity contribution is 5.95. The lowest BCUT2D eigenvalue weighted by Crippen LogP contribution is -2.01. The number of aromatic carboxylic acids is 2. The third-order valence-electron chi connectivity index (χ3n) is 1.58. The van der Waals surface area contributed by atoms with Gasteiger partial charge < -0.3 is 16.1 Å². The molecule has 1 rings (SSSR count). The molecule has 0 saturated carbocycles. The van der Waals surface area contributed by atoms with Crippen LogP contribution in [0.4, 0.5) is 5.69 Å². The SMILES string of the molecule is NN=Nc1cc(C(=O)O)cc(C(=O)O)c1. The molecule has 1 aromatic carbocycles. The molecule has 7 nitrogen and oxygen atoms in total. The number of hydrogen-bond donors (Lipinski definition) is 3. The van der Waals surface area contributed by atoms with Crippen LogP contribution in [-0.2, 0) is 0 Å². The van der Waals surface area contributed by atoms with Crippen molar-refractivity contribution in [2.24, 2.45) is 16.2 Å². The van der Waals surface area contributed by atoms with Crippen molar-refractivity contribution in [3.8, 4) is 0 Å². The molecule has 0 bridgehead atoms. The Kier molecular flexibility index (Phi) is 2.97. The van der Waals surface area contributed by atoms with Crippen LogP contribution in [0.15, 0.2) is 28.5 Å². The molecule has 0 aromatic heterocycles. The van der Waals surface area contributed by atoms with Gasteiger partial charge in [-0.2, -0.15) is 0 Å². The first kappa shape index (κ1) is 10.6. The second kappa shape index (κ2) is 4.18. The quantitative estimate of drug-likeness (QED) is 0.389. The Morgan fingerprint density at radius 1 is 1.07 bits per heavy atom. The second-order valence-corrected chi connectivity index (χ2v) is 2.59. The van der Waals surface area contributed by atoms with Crippen LogP contribution in [0, 0.1) is 0 Å². The highest BCUT2D eigenvalue weighted by atomic mass is 16.4. The molecule has 4 N–H and O–H groups in total. The van der Waals surface area contributed by atoms with E-state index in [0.29, 0.717) is 0 Å². The molecule has 0 heterocycles. The molecule has 0 unspecified atom stereocenters. The highest BCUT2D eigenvalue weighted by Gasteiger charge is 2.10. The van der Waals surface area contributed by atoms with Gasteiger partial charge in [0.1, 0.15) is 0 Å². The molecule has 7 heteroatoms. The van der Waals surface area contributed by atoms with E-state index in [9.17, 15) is 9.59 Å². The molecule has 0 amide bonds. The van der Waals surface area contributed by atoms with E-state index in [0.717, 1.165) is 6.07 Å². The summed E-state index contributed by atoms with van der Waals surface area (Å²) in [6.45, 7) is 0. The molecule has 15 heavy (non-hydrogen) atoms. The first-order valence-electron chi connectivity index (χ1n) is 3.77. The average molecular weight is 209 g/mol. The number of rotatable bonds is 3. The molecule has 78 valence electrons. The Morgan fingerprint density at radius 3 is 1.87 bits per heavy atom. The lowest BCUT2D eigenvalue weighted by molar-refractivity contribution is 0.0696. The maximum atomic E-state index is 10.6. The third-order valence-corrected chi connectivity index (χ3v) is 1.58. The molecule has 0 spiro atoms. The molecule has 0 aliphatic carbocycles. The topological polar surface area (TPSA) is 125 Å². The van der Waals surface area contributed by atoms with Crippen LogP contribution in [0.3, 0.4) is 0 Å². The van der Waals surface area contributed by atoms with E-state index in [4.69, 9.17) is 16.1 Å². The van der Waals surface area contributed by atoms with Gasteiger partial charge in [0.25, 0.3) is 0 Å². The number of carbonyl (C=O) groups is 2. The van der Waals surface area contributed by atoms with Crippen molar-refractivity contribution in [2.75, 3.05) is 0 Å². The molecule has 0 fully saturated rings. The van der Waals surface area contributed by atoms with Gasteiger partial charge in [0.05, 0.1) is 16.8 Å². The second-order valence-electron chi connectivity index (χ2n) is 2.59. The molecular weight excluding hydrogens is 202 g/mol. The lowest BCUT2D eigenvalue weighted by Gasteiger charge is -1.99. The first-order valence-corrected chi connectivity index (χ1v) is 3.77. The summed E-state index contributed by atoms with van der Waals surface area (Å²) in [5.41, 5.74) is -0.288. The van der Waals surface area contributed by atoms with Crippen molar-refractivity contribution < 1.29 is 19.8 Å². The Morgan fingerprint density at radius 2 is 1.53 bits per heavy atom. The minimum Gasteiger partial charge on any atom is -0.478 e. The molecule has 1 aromatic rings. The maximum Gasteiger partial charge on any atom is 0.335 e. The predicted octanol–water partition coefficient (Wildman–Crippen LogP) is 1.04. The van der Waals surface area contributed by atoms with Gasteiger partial charge in [-0.05, 0) is 18.2 Å². The van der Waals surface area contributed by atoms with Gasteiger partial charge in [-0.3, -0.25) is 0 Å². The van der Waals surface area contributed by atoms with Crippen molar-refractivity contribution in [1.82, 2.24) is 0 Å². The minimum atomic E-state index is -1.24. The van der Waals surface area contributed by atoms with Crippen LogP contribution in [0.25, 0.3) is 0 Å². The van der Waals surface area contributed by atoms with Gasteiger partial charge in [0, 0.05) is 0 Å². The summed E-state index contributed by atoms with van der Waals surface area (Å²) in [5.74, 6) is 2.29. The zero-order chi connectivity index (χ0) is 11.4. The maximum absolute atomic E-state index is 10.6. The fourth-order valence-electron chi connectivity index (χ4n) is 0.983. The Hall–Kier alpha value is -2.44. The van der Waals surface area contributed by atoms with E-state index >= 15 is 0 Å². The number of benzene rings is 1. The minimum absolute atomic E-state index is 0.0785. The summed E-state index contributed by atoms with van der Waals surface area (Å²) in [6, 6.07) is 3.37. The van der Waals surface area contributed by atoms with E-state index in [1.807, 2.05) is 0 Å². The van der Waals surface area contributed by atoms with Crippen molar-refractivity contribution in [2.45, 2.75) is 0 Å². The molecule has 0 aliphatic rings. The van der Waals surface area contributed by atoms with Gasteiger partial charge in [-0.25, -0.2) is 9.59 Å². The number of nitrogens with zero attached hydrogens (tertiary/aromatic N) is 2. The Labute approximate surface area is 83.8 Å². The molecular formula is C8H7N3O4. The molecule has 0 radical (unpaired) electrons. The van der Waals surface area contributed by atoms with Crippen molar-refractivity contribution in [3.05, 3.63) is 29.3 Å². The third kappa shape index (κ3) is 2.50. The van der Waals surface area contributed by atoms with Crippen LogP contribution in [-0.4, -0.2) is 22.2 Å². The molecule has 0 aliphatic heterocycles. The van der Waals surface area contributed by atoms with Crippen LogP contribution < -0.4 is 5.84 Å². The number of hydrogen-bond acceptors (Lipinski definition) is 4. The van der Waals surface area contributed by atoms with Gasteiger partial charge in [0.2, 0.25) is 0 Å². The Balaban J connectivity index is 3.32. The highest BCUT2D eigenvalue weighted by Crippen LogP contribution is 2.18. The van der Waals surface area contributed by atoms with Gasteiger partial charge in [-0.1, -0.05) is 5.22 Å². The van der Waals surface area contributed by atoms with Gasteiger partial charge in [-0.15, -0.1) is 5.11 Å². The number of carboxylic acids is 2. The fourth-order valence-corrected chi connectivity index (χ4v) is 0.983. The summed E-state index contributed by atoms with van der Waals surface area (Å²) in [7, 11) is 0. The van der Waals surface area contributed by atoms with Gasteiger partial charge >= 0.3 is 11.9 Å². The smallest absolute Gasteiger partial charge is 0.335 e. The summed E-state index contributed by atoms with van der Waals surface area (Å²) < 4.78 is 0. The van der Waals surface area contributed by atoms with E-state index in [-0.39, 0.29) is 16.8 Å². The first-order chi connectivity index (χ1) is 7.04. The van der Waals surface area contributed by atoms with Gasteiger partial charge in [0.15, 0.2) is 0 Å². The van der Waals surface area contributed by atoms with E-state index in [1.165, 1.54) is 12.1 Å². The summed E-state index contributed by atoms with van der Waals surface area (Å²) in [6.07, 6.45) is 0. The zero-order valence-corrected chi connectivity index (χ0v) is 7.41. The van der Waals surface area contributed by atoms with Crippen LogP contribution in [0.5, 0.6) is 0 Å². The van der Waals surface area contributed by atoms with E-state index < -0.39 is 11.9 Å². The normalized spacial score (nSPS) is 10.4. The largest absolute Gasteiger partial charge is 0.478 e. The van der Waals surface area contributed by atoms with Crippen molar-refractivity contribution in [1.29, 1.82) is 0 Å². The summed E-state index contributed by atoms with van der Waals surface area (Å²) in [4.78, 5) is 21.3. The molecule has 0 atom stereocenters. The van der Waals surface area contributed by atoms with Crippen LogP contribution in [0.1, 0.15) is 20.7 Å². The monoisotopic (exact) mass is 209 g/mol. The number of nitrogens with two attached hydrogens (primary N) is 1. The predicted molar refractivity (Wildman–Crippen MR) is 49.1 cm³/mol. The number of carboxylic acid groups (broad SMARTS) is 2. The van der Waals surface area contributed by atoms with Crippen LogP contribution in [0.2, 0.25) is 0 Å². The zero-order valence-electron chi connectivity index (χ0n) is 7.41. The summed E-state index contributed by atoms with van der Waals surface area (Å²) in [5, 5.41) is 23.7. The van der Waals surface area contributed by atoms with Crippen LogP contribution >= 0.6 is 0 Å². The van der Waals surface area contributed by atoms with Crippen molar-refractivity contribution in [3.63, 3.8) is 0 Å². The average Bonchev–Trinajstić information content (AvgIpc) is 2.17.